The fourth-order valence-electron chi connectivity index (χ4n) is 2.40. The molecule has 1 saturated heterocycles. The van der Waals surface area contributed by atoms with E-state index in [1.165, 1.54) is 12.0 Å². The Bertz CT molecular complexity index is 558. The molecule has 0 aliphatic carbocycles. The van der Waals surface area contributed by atoms with Crippen molar-refractivity contribution < 1.29 is 15.7 Å². The lowest BCUT2D eigenvalue weighted by molar-refractivity contribution is -0.161. The van der Waals surface area contributed by atoms with E-state index in [4.69, 9.17) is 6.11 Å². The number of hydrogen-bond donors (Lipinski definition) is 0. The molecule has 4 nitrogen and oxygen atoms in total. The second-order valence-electron chi connectivity index (χ2n) is 4.50. The highest BCUT2D eigenvalue weighted by Crippen LogP contribution is 2.36. The van der Waals surface area contributed by atoms with E-state index in [-0.39, 0.29) is 11.9 Å². The van der Waals surface area contributed by atoms with Gasteiger partial charge >= 0.3 is 5.97 Å². The molecule has 0 N–H and O–H groups in total. The highest BCUT2D eigenvalue weighted by Gasteiger charge is 2.53. The fourth-order valence-corrected chi connectivity index (χ4v) is 2.40. The summed E-state index contributed by atoms with van der Waals surface area (Å²) in [5.41, 5.74) is -0.667. The summed E-state index contributed by atoms with van der Waals surface area (Å²) in [5.74, 6) is -0.742. The number of amides is 1. The number of carbonyl (C=O) groups excluding carboxylic acids is 2. The number of esters is 1. The molecular formula is C15H17NO3. The largest absolute Gasteiger partial charge is 0.467 e. The molecule has 1 amide bonds. The number of hydrogen-bond acceptors (Lipinski definition) is 3. The van der Waals surface area contributed by atoms with Crippen LogP contribution in [-0.4, -0.2) is 36.0 Å². The summed E-state index contributed by atoms with van der Waals surface area (Å²) < 4.78 is 12.6. The van der Waals surface area contributed by atoms with Crippen LogP contribution in [0.1, 0.15) is 24.6 Å². The minimum atomic E-state index is -0.962. The van der Waals surface area contributed by atoms with Crippen LogP contribution in [0.2, 0.25) is 0 Å². The van der Waals surface area contributed by atoms with E-state index in [0.29, 0.717) is 24.9 Å². The van der Waals surface area contributed by atoms with Crippen LogP contribution in [0.3, 0.4) is 0 Å². The molecule has 1 aliphatic rings. The molecule has 0 radical (unpaired) electrons. The van der Waals surface area contributed by atoms with Gasteiger partial charge in [0.1, 0.15) is 5.54 Å². The zero-order chi connectivity index (χ0) is 14.8. The van der Waals surface area contributed by atoms with Gasteiger partial charge in [-0.2, -0.15) is 0 Å². The molecule has 1 atom stereocenters. The highest BCUT2D eigenvalue weighted by molar-refractivity contribution is 5.99. The smallest absolute Gasteiger partial charge is 0.332 e. The monoisotopic (exact) mass is 260 g/mol. The van der Waals surface area contributed by atoms with Gasteiger partial charge in [0, 0.05) is 12.1 Å². The predicted molar refractivity (Wildman–Crippen MR) is 71.7 cm³/mol. The first-order valence-electron chi connectivity index (χ1n) is 6.64. The Balaban J connectivity index is 2.32. The summed E-state index contributed by atoms with van der Waals surface area (Å²) in [6, 6.07) is 6.71. The first-order valence-corrected chi connectivity index (χ1v) is 6.14. The van der Waals surface area contributed by atoms with Gasteiger partial charge in [0.05, 0.1) is 8.48 Å². The van der Waals surface area contributed by atoms with Gasteiger partial charge < -0.3 is 9.64 Å². The van der Waals surface area contributed by atoms with Crippen LogP contribution in [0, 0.1) is 0 Å². The summed E-state index contributed by atoms with van der Waals surface area (Å²) >= 11 is 0. The van der Waals surface area contributed by atoms with Crippen molar-refractivity contribution in [2.45, 2.75) is 18.4 Å². The molecule has 1 aliphatic heterocycles. The summed E-state index contributed by atoms with van der Waals surface area (Å²) in [6.07, 6.45) is 2.52. The molecule has 1 aromatic carbocycles. The Morgan fingerprint density at radius 1 is 1.58 bits per heavy atom. The normalized spacial score (nSPS) is 22.2. The zero-order valence-electron chi connectivity index (χ0n) is 11.9. The van der Waals surface area contributed by atoms with Gasteiger partial charge in [-0.05, 0) is 25.0 Å². The van der Waals surface area contributed by atoms with E-state index in [1.807, 2.05) is 0 Å². The average Bonchev–Trinajstić information content (AvgIpc) is 2.43. The number of likely N-dealkylation sites (tertiary alicyclic amines) is 1. The summed E-state index contributed by atoms with van der Waals surface area (Å²) in [6.45, 7) is 4.13. The van der Waals surface area contributed by atoms with E-state index in [9.17, 15) is 9.59 Å². The first-order chi connectivity index (χ1) is 9.56. The lowest BCUT2D eigenvalue weighted by Crippen LogP contribution is -2.66. The SMILES string of the molecule is [2H]c1ccccc1C(=O)N1CCC1(CC=C)C(=O)OC. The molecule has 0 aromatic heterocycles. The quantitative estimate of drug-likeness (QED) is 0.614. The van der Waals surface area contributed by atoms with Gasteiger partial charge in [0.2, 0.25) is 0 Å². The van der Waals surface area contributed by atoms with Crippen molar-refractivity contribution >= 4 is 11.9 Å². The van der Waals surface area contributed by atoms with Crippen LogP contribution in [0.25, 0.3) is 0 Å². The van der Waals surface area contributed by atoms with Gasteiger partial charge in [-0.1, -0.05) is 24.3 Å². The third-order valence-corrected chi connectivity index (χ3v) is 3.50. The molecule has 1 fully saturated rings. The van der Waals surface area contributed by atoms with Crippen LogP contribution in [0.15, 0.2) is 43.0 Å². The topological polar surface area (TPSA) is 46.6 Å². The minimum absolute atomic E-state index is 0.154. The second kappa shape index (κ2) is 5.26. The lowest BCUT2D eigenvalue weighted by Gasteiger charge is -2.49. The van der Waals surface area contributed by atoms with Gasteiger partial charge in [-0.25, -0.2) is 4.79 Å². The van der Waals surface area contributed by atoms with Crippen molar-refractivity contribution in [1.82, 2.24) is 4.90 Å². The number of ether oxygens (including phenoxy) is 1. The summed E-state index contributed by atoms with van der Waals surface area (Å²) in [7, 11) is 1.31. The maximum Gasteiger partial charge on any atom is 0.332 e. The third kappa shape index (κ3) is 2.14. The molecular weight excluding hydrogens is 242 g/mol. The Morgan fingerprint density at radius 2 is 2.37 bits per heavy atom. The number of carbonyl (C=O) groups is 2. The van der Waals surface area contributed by atoms with E-state index in [2.05, 4.69) is 6.58 Å². The Labute approximate surface area is 114 Å². The minimum Gasteiger partial charge on any atom is -0.467 e. The average molecular weight is 260 g/mol. The van der Waals surface area contributed by atoms with Gasteiger partial charge in [0.15, 0.2) is 0 Å². The number of nitrogens with zero attached hydrogens (tertiary/aromatic N) is 1. The van der Waals surface area contributed by atoms with Crippen LogP contribution < -0.4 is 0 Å². The third-order valence-electron chi connectivity index (χ3n) is 3.50. The molecule has 100 valence electrons. The van der Waals surface area contributed by atoms with E-state index >= 15 is 0 Å². The van der Waals surface area contributed by atoms with Gasteiger partial charge in [-0.3, -0.25) is 4.79 Å². The molecule has 0 bridgehead atoms. The maximum absolute atomic E-state index is 12.5. The maximum atomic E-state index is 12.5. The summed E-state index contributed by atoms with van der Waals surface area (Å²) in [4.78, 5) is 26.0. The van der Waals surface area contributed by atoms with Gasteiger partial charge in [0.25, 0.3) is 5.91 Å². The predicted octanol–water partition coefficient (Wildman–Crippen LogP) is 2.02. The molecule has 2 rings (SSSR count). The van der Waals surface area contributed by atoms with Crippen molar-refractivity contribution in [2.75, 3.05) is 13.7 Å². The first kappa shape index (κ1) is 12.0. The number of rotatable bonds is 4. The Kier molecular flexibility index (Phi) is 3.31. The molecule has 1 unspecified atom stereocenters. The Morgan fingerprint density at radius 3 is 2.89 bits per heavy atom. The summed E-state index contributed by atoms with van der Waals surface area (Å²) in [5, 5.41) is 0. The Hall–Kier alpha value is -2.10. The lowest BCUT2D eigenvalue weighted by atomic mass is 9.80. The standard InChI is InChI=1S/C15H17NO3/c1-3-9-15(14(18)19-2)10-11-16(15)13(17)12-7-5-4-6-8-12/h3-8H,1,9-11H2,2H3/i7D. The number of methoxy groups -OCH3 is 1. The van der Waals surface area contributed by atoms with Crippen LogP contribution in [0.4, 0.5) is 0 Å². The highest BCUT2D eigenvalue weighted by atomic mass is 16.5. The van der Waals surface area contributed by atoms with Crippen molar-refractivity contribution in [1.29, 1.82) is 0 Å². The van der Waals surface area contributed by atoms with E-state index in [0.717, 1.165) is 0 Å². The molecule has 0 spiro atoms. The fraction of sp³-hybridized carbons (Fsp3) is 0.333. The molecule has 1 aromatic rings. The zero-order valence-corrected chi connectivity index (χ0v) is 10.9. The molecule has 1 heterocycles. The molecule has 19 heavy (non-hydrogen) atoms. The van der Waals surface area contributed by atoms with E-state index < -0.39 is 11.5 Å². The van der Waals surface area contributed by atoms with Crippen LogP contribution in [-0.2, 0) is 9.53 Å². The molecule has 4 heteroatoms. The van der Waals surface area contributed by atoms with Crippen molar-refractivity contribution in [3.8, 4) is 0 Å². The van der Waals surface area contributed by atoms with Crippen LogP contribution in [0.5, 0.6) is 0 Å². The second-order valence-corrected chi connectivity index (χ2v) is 4.50. The van der Waals surface area contributed by atoms with E-state index in [1.54, 1.807) is 30.3 Å². The van der Waals surface area contributed by atoms with Crippen molar-refractivity contribution in [3.63, 3.8) is 0 Å². The van der Waals surface area contributed by atoms with Crippen molar-refractivity contribution in [2.24, 2.45) is 0 Å². The van der Waals surface area contributed by atoms with Crippen molar-refractivity contribution in [3.05, 3.63) is 48.5 Å². The van der Waals surface area contributed by atoms with Crippen LogP contribution >= 0.6 is 0 Å². The molecule has 0 saturated carbocycles. The van der Waals surface area contributed by atoms with Gasteiger partial charge in [-0.15, -0.1) is 6.58 Å². The number of benzene rings is 1.